The van der Waals surface area contributed by atoms with Gasteiger partial charge in [-0.15, -0.1) is 0 Å². The van der Waals surface area contributed by atoms with E-state index in [1.165, 1.54) is 12.1 Å². The van der Waals surface area contributed by atoms with E-state index in [1.54, 1.807) is 17.1 Å². The van der Waals surface area contributed by atoms with Gasteiger partial charge in [0.1, 0.15) is 6.04 Å². The van der Waals surface area contributed by atoms with Gasteiger partial charge in [-0.2, -0.15) is 0 Å². The summed E-state index contributed by atoms with van der Waals surface area (Å²) in [5.74, 6) is -1.23. The Hall–Kier alpha value is -3.10. The number of amides is 2. The smallest absolute Gasteiger partial charge is 0.269 e. The van der Waals surface area contributed by atoms with Gasteiger partial charge >= 0.3 is 0 Å². The van der Waals surface area contributed by atoms with Crippen molar-refractivity contribution < 1.29 is 14.5 Å². The normalized spacial score (nSPS) is 25.2. The van der Waals surface area contributed by atoms with Crippen molar-refractivity contribution in [2.75, 3.05) is 0 Å². The second kappa shape index (κ2) is 6.32. The van der Waals surface area contributed by atoms with Crippen LogP contribution in [0.15, 0.2) is 54.6 Å². The lowest BCUT2D eigenvalue weighted by atomic mass is 9.91. The van der Waals surface area contributed by atoms with Crippen LogP contribution in [0.25, 0.3) is 0 Å². The van der Waals surface area contributed by atoms with Crippen molar-refractivity contribution in [2.45, 2.75) is 18.6 Å². The summed E-state index contributed by atoms with van der Waals surface area (Å²) in [5.41, 5.74) is 4.97. The molecule has 2 amide bonds. The van der Waals surface area contributed by atoms with E-state index in [2.05, 4.69) is 10.7 Å². The Labute approximate surface area is 148 Å². The number of fused-ring (bicyclic) bond motifs is 1. The minimum Gasteiger partial charge on any atom is -0.295 e. The molecule has 26 heavy (non-hydrogen) atoms. The summed E-state index contributed by atoms with van der Waals surface area (Å²) in [5, 5.41) is 15.0. The van der Waals surface area contributed by atoms with Crippen LogP contribution >= 0.6 is 0 Å². The molecule has 0 aliphatic carbocycles. The van der Waals surface area contributed by atoms with Crippen LogP contribution in [0.5, 0.6) is 0 Å². The molecule has 2 N–H and O–H groups in total. The lowest BCUT2D eigenvalue weighted by Gasteiger charge is -2.22. The van der Waals surface area contributed by atoms with E-state index in [1.807, 2.05) is 30.3 Å². The predicted octanol–water partition coefficient (Wildman–Crippen LogP) is 1.30. The maximum absolute atomic E-state index is 12.3. The Balaban J connectivity index is 1.64. The van der Waals surface area contributed by atoms with Crippen molar-refractivity contribution >= 4 is 17.5 Å². The van der Waals surface area contributed by atoms with Crippen molar-refractivity contribution in [3.05, 3.63) is 75.8 Å². The topological polar surface area (TPSA) is 105 Å². The number of nitro groups is 1. The van der Waals surface area contributed by atoms with Gasteiger partial charge in [-0.1, -0.05) is 42.5 Å². The van der Waals surface area contributed by atoms with Crippen LogP contribution in [-0.4, -0.2) is 27.8 Å². The molecule has 8 heteroatoms. The molecule has 2 saturated heterocycles. The molecule has 0 aromatic heterocycles. The maximum atomic E-state index is 12.3. The van der Waals surface area contributed by atoms with Gasteiger partial charge < -0.3 is 0 Å². The van der Waals surface area contributed by atoms with E-state index in [4.69, 9.17) is 0 Å². The molecule has 0 bridgehead atoms. The highest BCUT2D eigenvalue weighted by Gasteiger charge is 2.54. The number of non-ortho nitro benzene ring substituents is 1. The van der Waals surface area contributed by atoms with Crippen molar-refractivity contribution in [1.82, 2.24) is 15.8 Å². The van der Waals surface area contributed by atoms with Crippen LogP contribution in [0.2, 0.25) is 0 Å². The Morgan fingerprint density at radius 2 is 1.69 bits per heavy atom. The highest BCUT2D eigenvalue weighted by molar-refractivity contribution is 6.07. The summed E-state index contributed by atoms with van der Waals surface area (Å²) < 4.78 is 0. The number of nitro benzene ring substituents is 1. The number of carbonyl (C=O) groups excluding carboxylic acids is 2. The fourth-order valence-corrected chi connectivity index (χ4v) is 3.60. The summed E-state index contributed by atoms with van der Waals surface area (Å²) in [6.45, 7) is 0.464. The van der Waals surface area contributed by atoms with Gasteiger partial charge in [-0.3, -0.25) is 25.0 Å². The zero-order valence-corrected chi connectivity index (χ0v) is 13.7. The molecule has 0 saturated carbocycles. The first-order valence-electron chi connectivity index (χ1n) is 8.20. The van der Waals surface area contributed by atoms with Crippen LogP contribution in [0.1, 0.15) is 17.2 Å². The molecule has 0 unspecified atom stereocenters. The number of hydrazine groups is 1. The molecular weight excluding hydrogens is 336 g/mol. The lowest BCUT2D eigenvalue weighted by Crippen LogP contribution is -2.43. The fraction of sp³-hybridized carbons (Fsp3) is 0.222. The molecular formula is C18H16N4O4. The molecule has 2 heterocycles. The number of hydrogen-bond acceptors (Lipinski definition) is 6. The summed E-state index contributed by atoms with van der Waals surface area (Å²) in [6, 6.07) is 14.7. The molecule has 132 valence electrons. The summed E-state index contributed by atoms with van der Waals surface area (Å²) in [4.78, 5) is 35.0. The second-order valence-corrected chi connectivity index (χ2v) is 6.39. The summed E-state index contributed by atoms with van der Waals surface area (Å²) in [7, 11) is 0. The van der Waals surface area contributed by atoms with Crippen molar-refractivity contribution in [3.8, 4) is 0 Å². The van der Waals surface area contributed by atoms with Crippen molar-refractivity contribution in [1.29, 1.82) is 0 Å². The average molecular weight is 352 g/mol. The van der Waals surface area contributed by atoms with E-state index in [0.717, 1.165) is 11.1 Å². The highest BCUT2D eigenvalue weighted by Crippen LogP contribution is 2.37. The number of benzene rings is 2. The summed E-state index contributed by atoms with van der Waals surface area (Å²) in [6.07, 6.45) is 0. The Morgan fingerprint density at radius 3 is 2.35 bits per heavy atom. The first-order valence-corrected chi connectivity index (χ1v) is 8.20. The van der Waals surface area contributed by atoms with Gasteiger partial charge in [-0.25, -0.2) is 10.4 Å². The minimum atomic E-state index is -0.608. The molecule has 8 nitrogen and oxygen atoms in total. The highest BCUT2D eigenvalue weighted by atomic mass is 16.6. The number of nitrogens with one attached hydrogen (secondary N) is 2. The molecule has 0 radical (unpaired) electrons. The zero-order valence-electron chi connectivity index (χ0n) is 13.7. The Kier molecular flexibility index (Phi) is 3.98. The molecule has 2 aromatic carbocycles. The third kappa shape index (κ3) is 2.75. The van der Waals surface area contributed by atoms with Gasteiger partial charge in [0.05, 0.1) is 16.9 Å². The zero-order chi connectivity index (χ0) is 18.3. The van der Waals surface area contributed by atoms with Crippen molar-refractivity contribution in [2.24, 2.45) is 5.92 Å². The van der Waals surface area contributed by atoms with E-state index in [9.17, 15) is 19.7 Å². The van der Waals surface area contributed by atoms with E-state index in [-0.39, 0.29) is 17.5 Å². The molecule has 2 aliphatic rings. The number of hydrogen-bond donors (Lipinski definition) is 2. The van der Waals surface area contributed by atoms with Gasteiger partial charge in [0.15, 0.2) is 0 Å². The minimum absolute atomic E-state index is 0.0172. The number of imide groups is 1. The third-order valence-electron chi connectivity index (χ3n) is 4.82. The van der Waals surface area contributed by atoms with Gasteiger partial charge in [0.25, 0.3) is 5.69 Å². The monoisotopic (exact) mass is 352 g/mol. The molecule has 0 spiro atoms. The first kappa shape index (κ1) is 16.4. The Morgan fingerprint density at radius 1 is 1.00 bits per heavy atom. The second-order valence-electron chi connectivity index (χ2n) is 6.39. The standard InChI is InChI=1S/C18H16N4O4/c23-17-14-15(12-6-8-13(9-7-12)22(25)26)20-21(16(14)18(24)19-17)10-11-4-2-1-3-5-11/h1-9,14-16,20H,10H2,(H,19,23,24)/t14-,15+,16+/m0/s1. The van der Waals surface area contributed by atoms with Crippen LogP contribution in [0.3, 0.4) is 0 Å². The number of rotatable bonds is 4. The first-order chi connectivity index (χ1) is 12.5. The van der Waals surface area contributed by atoms with Gasteiger partial charge in [-0.05, 0) is 11.1 Å². The summed E-state index contributed by atoms with van der Waals surface area (Å²) >= 11 is 0. The fourth-order valence-electron chi connectivity index (χ4n) is 3.60. The quantitative estimate of drug-likeness (QED) is 0.488. The molecule has 3 atom stereocenters. The van der Waals surface area contributed by atoms with Gasteiger partial charge in [0, 0.05) is 18.7 Å². The van der Waals surface area contributed by atoms with Crippen LogP contribution in [-0.2, 0) is 16.1 Å². The molecule has 2 aromatic rings. The molecule has 2 aliphatic heterocycles. The SMILES string of the molecule is O=C1NC(=O)[C@H]2[C@@H]1[C@@H](c1ccc([N+](=O)[O-])cc1)NN2Cc1ccccc1. The molecule has 4 rings (SSSR count). The van der Waals surface area contributed by atoms with Crippen LogP contribution in [0.4, 0.5) is 5.69 Å². The predicted molar refractivity (Wildman–Crippen MR) is 91.4 cm³/mol. The van der Waals surface area contributed by atoms with Crippen molar-refractivity contribution in [3.63, 3.8) is 0 Å². The number of nitrogens with zero attached hydrogens (tertiary/aromatic N) is 2. The van der Waals surface area contributed by atoms with E-state index >= 15 is 0 Å². The van der Waals surface area contributed by atoms with Crippen LogP contribution < -0.4 is 10.7 Å². The van der Waals surface area contributed by atoms with Gasteiger partial charge in [0.2, 0.25) is 11.8 Å². The molecule has 2 fully saturated rings. The lowest BCUT2D eigenvalue weighted by molar-refractivity contribution is -0.384. The maximum Gasteiger partial charge on any atom is 0.269 e. The Bertz CT molecular complexity index is 869. The van der Waals surface area contributed by atoms with Crippen LogP contribution in [0, 0.1) is 16.0 Å². The average Bonchev–Trinajstić information content (AvgIpc) is 3.15. The van der Waals surface area contributed by atoms with E-state index in [0.29, 0.717) is 6.54 Å². The van der Waals surface area contributed by atoms with E-state index < -0.39 is 22.9 Å². The largest absolute Gasteiger partial charge is 0.295 e. The third-order valence-corrected chi connectivity index (χ3v) is 4.82. The number of carbonyl (C=O) groups is 2.